The molecule has 0 saturated heterocycles. The van der Waals surface area contributed by atoms with Gasteiger partial charge in [0.25, 0.3) is 0 Å². The minimum Gasteiger partial charge on any atom is -0.329 e. The van der Waals surface area contributed by atoms with Crippen molar-refractivity contribution in [1.29, 1.82) is 0 Å². The number of carbonyl (C=O) groups excluding carboxylic acids is 1. The van der Waals surface area contributed by atoms with E-state index in [4.69, 9.17) is 0 Å². The highest BCUT2D eigenvalue weighted by Gasteiger charge is 2.38. The average Bonchev–Trinajstić information content (AvgIpc) is 3.10. The van der Waals surface area contributed by atoms with Crippen molar-refractivity contribution in [3.63, 3.8) is 0 Å². The van der Waals surface area contributed by atoms with Crippen LogP contribution in [0.25, 0.3) is 11.4 Å². The first kappa shape index (κ1) is 18.1. The summed E-state index contributed by atoms with van der Waals surface area (Å²) in [6, 6.07) is 11.7. The van der Waals surface area contributed by atoms with Crippen LogP contribution in [0.15, 0.2) is 57.9 Å². The third-order valence-electron chi connectivity index (χ3n) is 3.30. The lowest BCUT2D eigenvalue weighted by Crippen LogP contribution is -2.05. The van der Waals surface area contributed by atoms with E-state index >= 15 is 0 Å². The molecule has 2 aromatic carbocycles. The molecule has 1 heterocycles. The number of benzene rings is 2. The summed E-state index contributed by atoms with van der Waals surface area (Å²) in [4.78, 5) is 16.1. The molecule has 4 nitrogen and oxygen atoms in total. The first-order chi connectivity index (χ1) is 12.3. The number of thioether (sulfide) groups is 1. The van der Waals surface area contributed by atoms with Crippen LogP contribution in [-0.2, 0) is 6.18 Å². The predicted octanol–water partition coefficient (Wildman–Crippen LogP) is 4.87. The highest BCUT2D eigenvalue weighted by atomic mass is 32.2. The van der Waals surface area contributed by atoms with Gasteiger partial charge in [-0.05, 0) is 18.2 Å². The molecule has 0 aliphatic heterocycles. The van der Waals surface area contributed by atoms with Gasteiger partial charge in [0.2, 0.25) is 5.82 Å². The Bertz CT molecular complexity index is 923. The molecule has 134 valence electrons. The van der Waals surface area contributed by atoms with E-state index in [1.165, 1.54) is 48.2 Å². The summed E-state index contributed by atoms with van der Waals surface area (Å²) in [6.45, 7) is 0. The Kier molecular flexibility index (Phi) is 5.08. The summed E-state index contributed by atoms with van der Waals surface area (Å²) >= 11 is 1.19. The number of carbonyl (C=O) groups is 1. The fraction of sp³-hybridized carbons (Fsp3) is 0.118. The van der Waals surface area contributed by atoms with Gasteiger partial charge in [0.15, 0.2) is 5.78 Å². The summed E-state index contributed by atoms with van der Waals surface area (Å²) < 4.78 is 54.7. The van der Waals surface area contributed by atoms with E-state index in [0.29, 0.717) is 16.0 Å². The van der Waals surface area contributed by atoms with Crippen LogP contribution < -0.4 is 0 Å². The maximum atomic E-state index is 13.1. The van der Waals surface area contributed by atoms with Crippen LogP contribution >= 0.6 is 11.8 Å². The summed E-state index contributed by atoms with van der Waals surface area (Å²) in [7, 11) is 0. The molecule has 9 heteroatoms. The van der Waals surface area contributed by atoms with Crippen LogP contribution in [0.2, 0.25) is 0 Å². The predicted molar refractivity (Wildman–Crippen MR) is 86.2 cm³/mol. The van der Waals surface area contributed by atoms with Gasteiger partial charge in [-0.15, -0.1) is 11.8 Å². The zero-order valence-electron chi connectivity index (χ0n) is 13.0. The number of hydrogen-bond acceptors (Lipinski definition) is 5. The van der Waals surface area contributed by atoms with E-state index in [-0.39, 0.29) is 23.2 Å². The number of rotatable bonds is 5. The van der Waals surface area contributed by atoms with Crippen LogP contribution in [0.4, 0.5) is 17.6 Å². The van der Waals surface area contributed by atoms with Gasteiger partial charge in [-0.3, -0.25) is 4.79 Å². The van der Waals surface area contributed by atoms with Crippen LogP contribution in [-0.4, -0.2) is 21.7 Å². The van der Waals surface area contributed by atoms with Crippen molar-refractivity contribution in [2.45, 2.75) is 11.1 Å². The Labute approximate surface area is 149 Å². The number of alkyl halides is 3. The molecule has 0 bridgehead atoms. The number of halogens is 4. The number of hydrogen-bond donors (Lipinski definition) is 0. The molecule has 0 spiro atoms. The Morgan fingerprint density at radius 1 is 1.12 bits per heavy atom. The molecular formula is C17H10F4N2O2S. The van der Waals surface area contributed by atoms with Crippen molar-refractivity contribution in [2.75, 3.05) is 5.75 Å². The molecular weight excluding hydrogens is 372 g/mol. The normalized spacial score (nSPS) is 11.5. The minimum absolute atomic E-state index is 0.100. The van der Waals surface area contributed by atoms with Crippen molar-refractivity contribution < 1.29 is 26.9 Å². The van der Waals surface area contributed by atoms with Crippen molar-refractivity contribution in [3.05, 3.63) is 65.8 Å². The smallest absolute Gasteiger partial charge is 0.329 e. The molecule has 0 amide bonds. The fourth-order valence-corrected chi connectivity index (χ4v) is 2.89. The van der Waals surface area contributed by atoms with E-state index in [9.17, 15) is 22.4 Å². The highest BCUT2D eigenvalue weighted by Crippen LogP contribution is 2.29. The second-order valence-corrected chi connectivity index (χ2v) is 6.22. The molecule has 0 fully saturated rings. The van der Waals surface area contributed by atoms with Crippen molar-refractivity contribution in [1.82, 2.24) is 10.1 Å². The molecule has 0 N–H and O–H groups in total. The van der Waals surface area contributed by atoms with Gasteiger partial charge in [-0.25, -0.2) is 4.39 Å². The van der Waals surface area contributed by atoms with Gasteiger partial charge in [0.05, 0.1) is 5.75 Å². The Balaban J connectivity index is 1.67. The van der Waals surface area contributed by atoms with Crippen LogP contribution in [0.3, 0.4) is 0 Å². The van der Waals surface area contributed by atoms with Crippen LogP contribution in [0.5, 0.6) is 0 Å². The first-order valence-corrected chi connectivity index (χ1v) is 8.24. The average molecular weight is 382 g/mol. The third kappa shape index (κ3) is 4.29. The van der Waals surface area contributed by atoms with Crippen molar-refractivity contribution >= 4 is 17.5 Å². The second-order valence-electron chi connectivity index (χ2n) is 5.17. The molecule has 0 aliphatic carbocycles. The molecule has 0 unspecified atom stereocenters. The molecule has 0 aliphatic rings. The largest absolute Gasteiger partial charge is 0.471 e. The van der Waals surface area contributed by atoms with Gasteiger partial charge in [0.1, 0.15) is 5.82 Å². The van der Waals surface area contributed by atoms with Crippen molar-refractivity contribution in [3.8, 4) is 11.4 Å². The molecule has 0 atom stereocenters. The summed E-state index contributed by atoms with van der Waals surface area (Å²) in [6.07, 6.45) is -4.71. The molecule has 3 rings (SSSR count). The van der Waals surface area contributed by atoms with Crippen LogP contribution in [0, 0.1) is 5.82 Å². The highest BCUT2D eigenvalue weighted by molar-refractivity contribution is 8.00. The van der Waals surface area contributed by atoms with Gasteiger partial charge in [-0.2, -0.15) is 18.2 Å². The van der Waals surface area contributed by atoms with Gasteiger partial charge < -0.3 is 4.52 Å². The summed E-state index contributed by atoms with van der Waals surface area (Å²) in [5.41, 5.74) is 0.663. The second kappa shape index (κ2) is 7.28. The monoisotopic (exact) mass is 382 g/mol. The first-order valence-electron chi connectivity index (χ1n) is 7.26. The lowest BCUT2D eigenvalue weighted by molar-refractivity contribution is -0.159. The Hall–Kier alpha value is -2.68. The van der Waals surface area contributed by atoms with E-state index < -0.39 is 12.1 Å². The van der Waals surface area contributed by atoms with Crippen LogP contribution in [0.1, 0.15) is 16.2 Å². The Morgan fingerprint density at radius 2 is 1.85 bits per heavy atom. The number of Topliss-reactive ketones (excluding diaryl/α,β-unsaturated/α-hetero) is 1. The molecule has 3 aromatic rings. The fourth-order valence-electron chi connectivity index (χ4n) is 2.05. The minimum atomic E-state index is -4.71. The summed E-state index contributed by atoms with van der Waals surface area (Å²) in [5, 5.41) is 3.28. The van der Waals surface area contributed by atoms with Crippen molar-refractivity contribution in [2.24, 2.45) is 0 Å². The quantitative estimate of drug-likeness (QED) is 0.358. The molecule has 0 saturated carbocycles. The third-order valence-corrected chi connectivity index (χ3v) is 4.29. The maximum Gasteiger partial charge on any atom is 0.471 e. The van der Waals surface area contributed by atoms with E-state index in [0.717, 1.165) is 0 Å². The lowest BCUT2D eigenvalue weighted by Gasteiger charge is -2.03. The number of ketones is 1. The van der Waals surface area contributed by atoms with E-state index in [1.54, 1.807) is 12.1 Å². The molecule has 0 radical (unpaired) electrons. The zero-order chi connectivity index (χ0) is 18.7. The van der Waals surface area contributed by atoms with E-state index in [1.807, 2.05) is 0 Å². The number of nitrogens with zero attached hydrogens (tertiary/aromatic N) is 2. The standard InChI is InChI=1S/C17H10F4N2O2S/c18-12-2-1-3-13(8-12)26-9-14(24)10-4-6-11(7-5-10)15-22-16(25-23-15)17(19,20)21/h1-8H,9H2. The molecule has 1 aromatic heterocycles. The summed E-state index contributed by atoms with van der Waals surface area (Å²) in [5.74, 6) is -2.13. The van der Waals surface area contributed by atoms with Gasteiger partial charge >= 0.3 is 12.1 Å². The SMILES string of the molecule is O=C(CSc1cccc(F)c1)c1ccc(-c2noc(C(F)(F)F)n2)cc1. The van der Waals surface area contributed by atoms with Gasteiger partial charge in [-0.1, -0.05) is 35.5 Å². The van der Waals surface area contributed by atoms with E-state index in [2.05, 4.69) is 14.7 Å². The molecule has 26 heavy (non-hydrogen) atoms. The zero-order valence-corrected chi connectivity index (χ0v) is 13.8. The topological polar surface area (TPSA) is 56.0 Å². The lowest BCUT2D eigenvalue weighted by atomic mass is 10.1. The number of aromatic nitrogens is 2. The maximum absolute atomic E-state index is 13.1. The Morgan fingerprint density at radius 3 is 2.46 bits per heavy atom. The van der Waals surface area contributed by atoms with Gasteiger partial charge in [0, 0.05) is 16.0 Å².